The van der Waals surface area contributed by atoms with Crippen LogP contribution in [0.2, 0.25) is 0 Å². The predicted molar refractivity (Wildman–Crippen MR) is 98.0 cm³/mol. The van der Waals surface area contributed by atoms with Gasteiger partial charge in [0.25, 0.3) is 5.95 Å². The van der Waals surface area contributed by atoms with Crippen molar-refractivity contribution in [3.05, 3.63) is 64.1 Å². The summed E-state index contributed by atoms with van der Waals surface area (Å²) in [5, 5.41) is 4.82. The molecular formula is C19H18N5O+. The molecule has 0 radical (unpaired) electrons. The van der Waals surface area contributed by atoms with Crippen LogP contribution in [0.5, 0.6) is 0 Å². The number of nitrogens with zero attached hydrogens (tertiary/aromatic N) is 3. The Morgan fingerprint density at radius 2 is 1.76 bits per heavy atom. The molecule has 6 nitrogen and oxygen atoms in total. The highest BCUT2D eigenvalue weighted by Crippen LogP contribution is 2.21. The summed E-state index contributed by atoms with van der Waals surface area (Å²) in [6.45, 7) is 3.98. The smallest absolute Gasteiger partial charge is 0.250 e. The van der Waals surface area contributed by atoms with Gasteiger partial charge in [0.1, 0.15) is 5.52 Å². The Hall–Kier alpha value is -3.28. The van der Waals surface area contributed by atoms with Crippen LogP contribution in [-0.2, 0) is 7.05 Å². The number of aromatic nitrogens is 4. The zero-order valence-corrected chi connectivity index (χ0v) is 14.3. The number of benzene rings is 2. The van der Waals surface area contributed by atoms with E-state index in [1.54, 1.807) is 6.07 Å². The summed E-state index contributed by atoms with van der Waals surface area (Å²) < 4.78 is 1.89. The second-order valence-corrected chi connectivity index (χ2v) is 6.11. The molecule has 0 atom stereocenters. The van der Waals surface area contributed by atoms with Crippen LogP contribution < -0.4 is 15.4 Å². The van der Waals surface area contributed by atoms with E-state index in [0.717, 1.165) is 27.7 Å². The number of anilines is 2. The molecule has 2 aromatic heterocycles. The third kappa shape index (κ3) is 2.52. The zero-order valence-electron chi connectivity index (χ0n) is 14.3. The highest BCUT2D eigenvalue weighted by Gasteiger charge is 2.16. The van der Waals surface area contributed by atoms with E-state index in [1.807, 2.05) is 61.9 Å². The fourth-order valence-corrected chi connectivity index (χ4v) is 3.06. The fourth-order valence-electron chi connectivity index (χ4n) is 3.06. The standard InChI is InChI=1S/C19H17N5O/c1-11-7-6-9-13-12(2)20-18(21-16(11)13)23-19-22-17(25)14-8-4-5-10-15(14)24(19)3/h4-10H,1-3H3,(H,20,21,22,23,25)/p+1. The maximum absolute atomic E-state index is 12.3. The van der Waals surface area contributed by atoms with Gasteiger partial charge in [-0.3, -0.25) is 4.79 Å². The first-order valence-corrected chi connectivity index (χ1v) is 8.06. The normalized spacial score (nSPS) is 11.2. The SMILES string of the molecule is Cc1nc(Nc2[nH]c(=O)c3ccccc3[n+]2C)nc2c(C)cccc12. The quantitative estimate of drug-likeness (QED) is 0.554. The van der Waals surface area contributed by atoms with Crippen molar-refractivity contribution in [2.75, 3.05) is 5.32 Å². The average Bonchev–Trinajstić information content (AvgIpc) is 2.60. The molecule has 0 aliphatic rings. The van der Waals surface area contributed by atoms with Gasteiger partial charge in [0.05, 0.1) is 23.6 Å². The van der Waals surface area contributed by atoms with Crippen molar-refractivity contribution in [1.29, 1.82) is 0 Å². The Morgan fingerprint density at radius 3 is 2.60 bits per heavy atom. The Balaban J connectivity index is 1.87. The largest absolute Gasteiger partial charge is 0.365 e. The van der Waals surface area contributed by atoms with E-state index in [9.17, 15) is 4.79 Å². The van der Waals surface area contributed by atoms with Crippen LogP contribution in [-0.4, -0.2) is 15.0 Å². The van der Waals surface area contributed by atoms with Crippen molar-refractivity contribution in [3.8, 4) is 0 Å². The van der Waals surface area contributed by atoms with Crippen LogP contribution in [0, 0.1) is 13.8 Å². The fraction of sp³-hybridized carbons (Fsp3) is 0.158. The summed E-state index contributed by atoms with van der Waals surface area (Å²) in [5.41, 5.74) is 3.57. The van der Waals surface area contributed by atoms with Crippen molar-refractivity contribution >= 4 is 33.7 Å². The Morgan fingerprint density at radius 1 is 1.00 bits per heavy atom. The van der Waals surface area contributed by atoms with Gasteiger partial charge >= 0.3 is 11.5 Å². The third-order valence-corrected chi connectivity index (χ3v) is 4.43. The molecule has 4 aromatic rings. The lowest BCUT2D eigenvalue weighted by molar-refractivity contribution is -0.632. The second kappa shape index (κ2) is 5.66. The summed E-state index contributed by atoms with van der Waals surface area (Å²) in [6.07, 6.45) is 0. The maximum atomic E-state index is 12.3. The summed E-state index contributed by atoms with van der Waals surface area (Å²) >= 11 is 0. The van der Waals surface area contributed by atoms with Crippen molar-refractivity contribution < 1.29 is 4.57 Å². The van der Waals surface area contributed by atoms with E-state index in [0.29, 0.717) is 17.3 Å². The molecule has 0 saturated carbocycles. The zero-order chi connectivity index (χ0) is 17.6. The Bertz CT molecular complexity index is 1180. The molecule has 0 unspecified atom stereocenters. The second-order valence-electron chi connectivity index (χ2n) is 6.11. The highest BCUT2D eigenvalue weighted by atomic mass is 16.1. The van der Waals surface area contributed by atoms with Gasteiger partial charge in [0, 0.05) is 5.39 Å². The summed E-state index contributed by atoms with van der Waals surface area (Å²) in [4.78, 5) is 24.3. The van der Waals surface area contributed by atoms with Gasteiger partial charge in [0.15, 0.2) is 0 Å². The Labute approximate surface area is 144 Å². The minimum absolute atomic E-state index is 0.148. The van der Waals surface area contributed by atoms with Gasteiger partial charge in [-0.05, 0) is 31.5 Å². The first-order valence-electron chi connectivity index (χ1n) is 8.06. The van der Waals surface area contributed by atoms with Gasteiger partial charge in [-0.1, -0.05) is 30.3 Å². The van der Waals surface area contributed by atoms with Crippen LogP contribution in [0.4, 0.5) is 11.9 Å². The topological polar surface area (TPSA) is 74.6 Å². The van der Waals surface area contributed by atoms with E-state index < -0.39 is 0 Å². The molecule has 4 rings (SSSR count). The Kier molecular flexibility index (Phi) is 3.46. The van der Waals surface area contributed by atoms with Crippen LogP contribution in [0.1, 0.15) is 11.3 Å². The number of nitrogens with one attached hydrogen (secondary N) is 2. The van der Waals surface area contributed by atoms with Crippen molar-refractivity contribution in [2.45, 2.75) is 13.8 Å². The number of para-hydroxylation sites is 2. The summed E-state index contributed by atoms with van der Waals surface area (Å²) in [5.74, 6) is 0.997. The molecule has 25 heavy (non-hydrogen) atoms. The van der Waals surface area contributed by atoms with Crippen LogP contribution in [0.15, 0.2) is 47.3 Å². The molecular weight excluding hydrogens is 314 g/mol. The number of aromatic amines is 1. The third-order valence-electron chi connectivity index (χ3n) is 4.43. The summed E-state index contributed by atoms with van der Waals surface area (Å²) in [6, 6.07) is 13.5. The molecule has 2 heterocycles. The number of rotatable bonds is 2. The molecule has 0 bridgehead atoms. The molecule has 6 heteroatoms. The monoisotopic (exact) mass is 332 g/mol. The number of hydrogen-bond acceptors (Lipinski definition) is 4. The number of fused-ring (bicyclic) bond motifs is 2. The van der Waals surface area contributed by atoms with Crippen molar-refractivity contribution in [2.24, 2.45) is 7.05 Å². The van der Waals surface area contributed by atoms with Gasteiger partial charge < -0.3 is 0 Å². The molecule has 2 N–H and O–H groups in total. The lowest BCUT2D eigenvalue weighted by Gasteiger charge is -2.08. The van der Waals surface area contributed by atoms with Gasteiger partial charge in [0.2, 0.25) is 0 Å². The molecule has 124 valence electrons. The van der Waals surface area contributed by atoms with Gasteiger partial charge in [-0.2, -0.15) is 4.98 Å². The minimum Gasteiger partial charge on any atom is -0.250 e. The summed E-state index contributed by atoms with van der Waals surface area (Å²) in [7, 11) is 1.89. The predicted octanol–water partition coefficient (Wildman–Crippen LogP) is 2.66. The van der Waals surface area contributed by atoms with Crippen LogP contribution in [0.25, 0.3) is 21.8 Å². The molecule has 0 amide bonds. The molecule has 0 aliphatic carbocycles. The van der Waals surface area contributed by atoms with Crippen molar-refractivity contribution in [1.82, 2.24) is 15.0 Å². The number of hydrogen-bond donors (Lipinski definition) is 2. The lowest BCUT2D eigenvalue weighted by atomic mass is 10.1. The van der Waals surface area contributed by atoms with E-state index >= 15 is 0 Å². The van der Waals surface area contributed by atoms with Gasteiger partial charge in [-0.25, -0.2) is 19.9 Å². The highest BCUT2D eigenvalue weighted by molar-refractivity contribution is 5.84. The number of aryl methyl sites for hydroxylation is 3. The van der Waals surface area contributed by atoms with Crippen molar-refractivity contribution in [3.63, 3.8) is 0 Å². The number of H-pyrrole nitrogens is 1. The van der Waals surface area contributed by atoms with E-state index in [-0.39, 0.29) is 5.56 Å². The molecule has 0 saturated heterocycles. The van der Waals surface area contributed by atoms with Gasteiger partial charge in [-0.15, -0.1) is 0 Å². The molecule has 0 spiro atoms. The lowest BCUT2D eigenvalue weighted by Crippen LogP contribution is -2.37. The van der Waals surface area contributed by atoms with E-state index in [4.69, 9.17) is 0 Å². The van der Waals surface area contributed by atoms with Crippen LogP contribution >= 0.6 is 0 Å². The van der Waals surface area contributed by atoms with E-state index in [2.05, 4.69) is 20.3 Å². The molecule has 2 aromatic carbocycles. The minimum atomic E-state index is -0.148. The van der Waals surface area contributed by atoms with Crippen LogP contribution in [0.3, 0.4) is 0 Å². The average molecular weight is 332 g/mol. The molecule has 0 aliphatic heterocycles. The first-order chi connectivity index (χ1) is 12.0. The first kappa shape index (κ1) is 15.3. The van der Waals surface area contributed by atoms with E-state index in [1.165, 1.54) is 0 Å². The maximum Gasteiger partial charge on any atom is 0.365 e. The molecule has 0 fully saturated rings.